The largest absolute Gasteiger partial charge is 0.368 e. The minimum Gasteiger partial charge on any atom is -0.368 e. The van der Waals surface area contributed by atoms with Crippen LogP contribution in [0.5, 0.6) is 0 Å². The molecule has 4 aromatic rings. The van der Waals surface area contributed by atoms with E-state index in [1.54, 1.807) is 35.1 Å². The Labute approximate surface area is 179 Å². The number of pyridine rings is 1. The van der Waals surface area contributed by atoms with Crippen LogP contribution in [0, 0.1) is 11.3 Å². The molecule has 0 spiro atoms. The summed E-state index contributed by atoms with van der Waals surface area (Å²) in [6.07, 6.45) is 1.80. The van der Waals surface area contributed by atoms with Crippen molar-refractivity contribution >= 4 is 5.95 Å². The summed E-state index contributed by atoms with van der Waals surface area (Å²) >= 11 is 0. The van der Waals surface area contributed by atoms with Gasteiger partial charge < -0.3 is 11.1 Å². The van der Waals surface area contributed by atoms with Gasteiger partial charge in [0.1, 0.15) is 5.69 Å². The number of hydrogen-bond donors (Lipinski definition) is 2. The SMILES string of the molecule is CN[C@H](C)c1cccc(Cn2cc(-c3cc(-c4cccc(C#N)c4)nc(N)n3)nn2)n1. The summed E-state index contributed by atoms with van der Waals surface area (Å²) in [6.45, 7) is 2.54. The van der Waals surface area contributed by atoms with E-state index in [0.717, 1.165) is 17.0 Å². The second-order valence-corrected chi connectivity index (χ2v) is 7.05. The van der Waals surface area contributed by atoms with Gasteiger partial charge in [0, 0.05) is 11.6 Å². The van der Waals surface area contributed by atoms with Crippen LogP contribution in [0.4, 0.5) is 5.95 Å². The van der Waals surface area contributed by atoms with E-state index in [2.05, 4.69) is 43.6 Å². The highest BCUT2D eigenvalue weighted by molar-refractivity contribution is 5.68. The molecule has 4 rings (SSSR count). The lowest BCUT2D eigenvalue weighted by Crippen LogP contribution is -2.15. The lowest BCUT2D eigenvalue weighted by atomic mass is 10.1. The first kappa shape index (κ1) is 20.1. The third-order valence-corrected chi connectivity index (χ3v) is 4.86. The second-order valence-electron chi connectivity index (χ2n) is 7.05. The number of nitrogen functional groups attached to an aromatic ring is 1. The molecule has 0 aliphatic heterocycles. The Balaban J connectivity index is 1.61. The zero-order valence-electron chi connectivity index (χ0n) is 17.2. The predicted octanol–water partition coefficient (Wildman–Crippen LogP) is 2.58. The quantitative estimate of drug-likeness (QED) is 0.495. The Morgan fingerprint density at radius 1 is 1.06 bits per heavy atom. The molecule has 0 saturated carbocycles. The molecule has 0 amide bonds. The van der Waals surface area contributed by atoms with Crippen LogP contribution < -0.4 is 11.1 Å². The number of aromatic nitrogens is 6. The van der Waals surface area contributed by atoms with Crippen LogP contribution in [0.15, 0.2) is 54.7 Å². The van der Waals surface area contributed by atoms with Gasteiger partial charge in [-0.05, 0) is 44.3 Å². The predicted molar refractivity (Wildman–Crippen MR) is 116 cm³/mol. The summed E-state index contributed by atoms with van der Waals surface area (Å²) in [5.74, 6) is 0.125. The first-order valence-electron chi connectivity index (χ1n) is 9.74. The highest BCUT2D eigenvalue weighted by Crippen LogP contribution is 2.24. The molecule has 0 radical (unpaired) electrons. The molecular formula is C22H21N9. The minimum atomic E-state index is 0.125. The fourth-order valence-corrected chi connectivity index (χ4v) is 3.13. The number of nitrogens with zero attached hydrogens (tertiary/aromatic N) is 7. The van der Waals surface area contributed by atoms with Crippen molar-refractivity contribution in [2.24, 2.45) is 0 Å². The lowest BCUT2D eigenvalue weighted by Gasteiger charge is -2.10. The van der Waals surface area contributed by atoms with Gasteiger partial charge in [0.2, 0.25) is 5.95 Å². The Bertz CT molecular complexity index is 1260. The summed E-state index contributed by atoms with van der Waals surface area (Å²) < 4.78 is 1.71. The van der Waals surface area contributed by atoms with Crippen molar-refractivity contribution in [3.05, 3.63) is 71.7 Å². The van der Waals surface area contributed by atoms with Crippen molar-refractivity contribution in [1.29, 1.82) is 5.26 Å². The van der Waals surface area contributed by atoms with Crippen LogP contribution in [0.1, 0.15) is 29.9 Å². The van der Waals surface area contributed by atoms with Crippen LogP contribution in [-0.4, -0.2) is 37.0 Å². The molecule has 0 fully saturated rings. The van der Waals surface area contributed by atoms with Crippen molar-refractivity contribution in [3.8, 4) is 28.7 Å². The smallest absolute Gasteiger partial charge is 0.221 e. The molecule has 3 heterocycles. The Kier molecular flexibility index (Phi) is 5.64. The molecule has 3 N–H and O–H groups in total. The summed E-state index contributed by atoms with van der Waals surface area (Å²) in [4.78, 5) is 13.3. The number of nitrogens with two attached hydrogens (primary N) is 1. The van der Waals surface area contributed by atoms with Gasteiger partial charge in [-0.25, -0.2) is 14.6 Å². The van der Waals surface area contributed by atoms with Gasteiger partial charge in [0.15, 0.2) is 0 Å². The molecule has 1 aromatic carbocycles. The van der Waals surface area contributed by atoms with Gasteiger partial charge in [-0.1, -0.05) is 23.4 Å². The van der Waals surface area contributed by atoms with E-state index >= 15 is 0 Å². The average Bonchev–Trinajstić information content (AvgIpc) is 3.27. The number of rotatable bonds is 6. The number of anilines is 1. The number of nitriles is 1. The van der Waals surface area contributed by atoms with Gasteiger partial charge in [-0.2, -0.15) is 5.26 Å². The Hall–Kier alpha value is -4.16. The molecule has 0 aliphatic rings. The molecule has 9 nitrogen and oxygen atoms in total. The fraction of sp³-hybridized carbons (Fsp3) is 0.182. The molecule has 0 unspecified atom stereocenters. The zero-order chi connectivity index (χ0) is 21.8. The van der Waals surface area contributed by atoms with Crippen LogP contribution in [0.25, 0.3) is 22.6 Å². The van der Waals surface area contributed by atoms with E-state index in [4.69, 9.17) is 11.0 Å². The molecule has 154 valence electrons. The van der Waals surface area contributed by atoms with E-state index in [1.807, 2.05) is 31.3 Å². The Morgan fingerprint density at radius 2 is 1.87 bits per heavy atom. The summed E-state index contributed by atoms with van der Waals surface area (Å²) in [7, 11) is 1.90. The maximum Gasteiger partial charge on any atom is 0.221 e. The van der Waals surface area contributed by atoms with Gasteiger partial charge in [-0.15, -0.1) is 5.10 Å². The average molecular weight is 411 g/mol. The van der Waals surface area contributed by atoms with Gasteiger partial charge >= 0.3 is 0 Å². The van der Waals surface area contributed by atoms with Gasteiger partial charge in [0.05, 0.1) is 47.1 Å². The van der Waals surface area contributed by atoms with Crippen molar-refractivity contribution in [3.63, 3.8) is 0 Å². The van der Waals surface area contributed by atoms with Gasteiger partial charge in [-0.3, -0.25) is 4.98 Å². The monoisotopic (exact) mass is 411 g/mol. The van der Waals surface area contributed by atoms with Crippen molar-refractivity contribution in [1.82, 2.24) is 35.3 Å². The van der Waals surface area contributed by atoms with Crippen molar-refractivity contribution in [2.45, 2.75) is 19.5 Å². The highest BCUT2D eigenvalue weighted by atomic mass is 15.4. The number of nitrogens with one attached hydrogen (secondary N) is 1. The lowest BCUT2D eigenvalue weighted by molar-refractivity contribution is 0.609. The summed E-state index contributed by atoms with van der Waals surface area (Å²) in [5, 5.41) is 20.8. The maximum atomic E-state index is 9.14. The van der Waals surface area contributed by atoms with Crippen LogP contribution in [-0.2, 0) is 6.54 Å². The maximum absolute atomic E-state index is 9.14. The molecule has 0 aliphatic carbocycles. The van der Waals surface area contributed by atoms with E-state index in [-0.39, 0.29) is 12.0 Å². The van der Waals surface area contributed by atoms with Crippen molar-refractivity contribution in [2.75, 3.05) is 12.8 Å². The molecule has 9 heteroatoms. The number of hydrogen-bond acceptors (Lipinski definition) is 8. The standard InChI is InChI=1S/C22H21N9/c1-14(25-2)18-8-4-7-17(26-18)12-31-13-21(29-30-31)20-10-19(27-22(24)28-20)16-6-3-5-15(9-16)11-23/h3-10,13-14,25H,12H2,1-2H3,(H2,24,27,28)/t14-/m1/s1. The van der Waals surface area contributed by atoms with E-state index in [0.29, 0.717) is 29.2 Å². The Morgan fingerprint density at radius 3 is 2.68 bits per heavy atom. The van der Waals surface area contributed by atoms with Crippen molar-refractivity contribution < 1.29 is 0 Å². The normalized spacial score (nSPS) is 11.8. The topological polar surface area (TPSA) is 131 Å². The molecule has 3 aromatic heterocycles. The van der Waals surface area contributed by atoms with Crippen LogP contribution >= 0.6 is 0 Å². The summed E-state index contributed by atoms with van der Waals surface area (Å²) in [5.41, 5.74) is 10.9. The van der Waals surface area contributed by atoms with E-state index < -0.39 is 0 Å². The number of benzene rings is 1. The third-order valence-electron chi connectivity index (χ3n) is 4.86. The summed E-state index contributed by atoms with van der Waals surface area (Å²) in [6, 6.07) is 17.2. The van der Waals surface area contributed by atoms with Gasteiger partial charge in [0.25, 0.3) is 0 Å². The molecule has 0 bridgehead atoms. The second kappa shape index (κ2) is 8.69. The first-order chi connectivity index (χ1) is 15.1. The fourth-order valence-electron chi connectivity index (χ4n) is 3.13. The van der Waals surface area contributed by atoms with E-state index in [1.165, 1.54) is 0 Å². The zero-order valence-corrected chi connectivity index (χ0v) is 17.2. The molecule has 0 saturated heterocycles. The molecule has 1 atom stereocenters. The molecule has 31 heavy (non-hydrogen) atoms. The van der Waals surface area contributed by atoms with Crippen LogP contribution in [0.3, 0.4) is 0 Å². The van der Waals surface area contributed by atoms with E-state index in [9.17, 15) is 0 Å². The first-order valence-corrected chi connectivity index (χ1v) is 9.74. The van der Waals surface area contributed by atoms with Crippen LogP contribution in [0.2, 0.25) is 0 Å². The molecular weight excluding hydrogens is 390 g/mol. The minimum absolute atomic E-state index is 0.125. The highest BCUT2D eigenvalue weighted by Gasteiger charge is 2.12. The third kappa shape index (κ3) is 4.55.